The molecule has 1 aromatic carbocycles. The Morgan fingerprint density at radius 3 is 2.16 bits per heavy atom. The minimum absolute atomic E-state index is 0.0342. The summed E-state index contributed by atoms with van der Waals surface area (Å²) in [5, 5.41) is 2.54. The average Bonchev–Trinajstić information content (AvgIpc) is 2.55. The third-order valence-corrected chi connectivity index (χ3v) is 2.84. The molecule has 0 aliphatic carbocycles. The second-order valence-electron chi connectivity index (χ2n) is 5.97. The Bertz CT molecular complexity index is 634. The molecule has 0 heterocycles. The summed E-state index contributed by atoms with van der Waals surface area (Å²) in [6, 6.07) is 4.31. The number of ether oxygens (including phenoxy) is 4. The van der Waals surface area contributed by atoms with Gasteiger partial charge < -0.3 is 24.3 Å². The van der Waals surface area contributed by atoms with Crippen molar-refractivity contribution in [2.75, 3.05) is 27.4 Å². The molecule has 0 spiro atoms. The molecule has 0 saturated heterocycles. The Morgan fingerprint density at radius 1 is 1.00 bits per heavy atom. The van der Waals surface area contributed by atoms with E-state index in [9.17, 15) is 14.4 Å². The van der Waals surface area contributed by atoms with Crippen molar-refractivity contribution < 1.29 is 33.3 Å². The lowest BCUT2D eigenvalue weighted by molar-refractivity contribution is 0.0518. The lowest BCUT2D eigenvalue weighted by atomic mass is 10.1. The number of hydrogen-bond donors (Lipinski definition) is 1. The summed E-state index contributed by atoms with van der Waals surface area (Å²) < 4.78 is 19.8. The van der Waals surface area contributed by atoms with E-state index in [2.05, 4.69) is 14.8 Å². The highest BCUT2D eigenvalue weighted by Gasteiger charge is 2.19. The summed E-state index contributed by atoms with van der Waals surface area (Å²) in [6.45, 7) is 5.65. The lowest BCUT2D eigenvalue weighted by Crippen LogP contribution is -2.34. The number of esters is 2. The van der Waals surface area contributed by atoms with Gasteiger partial charge in [-0.3, -0.25) is 0 Å². The summed E-state index contributed by atoms with van der Waals surface area (Å²) in [5.74, 6) is -0.990. The Morgan fingerprint density at radius 2 is 1.60 bits per heavy atom. The molecule has 0 fully saturated rings. The molecule has 8 nitrogen and oxygen atoms in total. The van der Waals surface area contributed by atoms with Crippen LogP contribution in [0.1, 0.15) is 41.5 Å². The number of nitrogens with one attached hydrogen (secondary N) is 1. The van der Waals surface area contributed by atoms with Crippen LogP contribution in [0.5, 0.6) is 5.75 Å². The minimum Gasteiger partial charge on any atom is -0.492 e. The van der Waals surface area contributed by atoms with Gasteiger partial charge in [0.05, 0.1) is 31.9 Å². The van der Waals surface area contributed by atoms with Gasteiger partial charge in [0.2, 0.25) is 0 Å². The zero-order valence-corrected chi connectivity index (χ0v) is 15.0. The number of carbonyl (C=O) groups is 3. The van der Waals surface area contributed by atoms with E-state index in [1.165, 1.54) is 32.4 Å². The van der Waals surface area contributed by atoms with Crippen molar-refractivity contribution in [3.8, 4) is 5.75 Å². The summed E-state index contributed by atoms with van der Waals surface area (Å²) in [5.41, 5.74) is -0.468. The van der Waals surface area contributed by atoms with Crippen LogP contribution in [0.2, 0.25) is 0 Å². The second-order valence-corrected chi connectivity index (χ2v) is 5.97. The van der Waals surface area contributed by atoms with Crippen LogP contribution in [0.3, 0.4) is 0 Å². The van der Waals surface area contributed by atoms with Gasteiger partial charge in [-0.15, -0.1) is 0 Å². The largest absolute Gasteiger partial charge is 0.492 e. The number of hydrogen-bond acceptors (Lipinski definition) is 7. The molecule has 1 amide bonds. The van der Waals surface area contributed by atoms with Crippen molar-refractivity contribution in [1.82, 2.24) is 5.32 Å². The summed E-state index contributed by atoms with van der Waals surface area (Å²) in [4.78, 5) is 35.0. The fraction of sp³-hybridized carbons (Fsp3) is 0.471. The maximum Gasteiger partial charge on any atom is 0.407 e. The van der Waals surface area contributed by atoms with Gasteiger partial charge in [-0.25, -0.2) is 14.4 Å². The Kier molecular flexibility index (Phi) is 7.22. The summed E-state index contributed by atoms with van der Waals surface area (Å²) >= 11 is 0. The van der Waals surface area contributed by atoms with Crippen molar-refractivity contribution in [2.24, 2.45) is 0 Å². The third-order valence-electron chi connectivity index (χ3n) is 2.84. The van der Waals surface area contributed by atoms with E-state index in [-0.39, 0.29) is 24.3 Å². The van der Waals surface area contributed by atoms with Gasteiger partial charge in [-0.2, -0.15) is 0 Å². The summed E-state index contributed by atoms with van der Waals surface area (Å²) in [7, 11) is 2.43. The molecule has 0 bridgehead atoms. The second kappa shape index (κ2) is 8.91. The quantitative estimate of drug-likeness (QED) is 0.475. The van der Waals surface area contributed by atoms with Crippen molar-refractivity contribution >= 4 is 18.0 Å². The normalized spacial score (nSPS) is 10.6. The third kappa shape index (κ3) is 6.70. The van der Waals surface area contributed by atoms with Gasteiger partial charge >= 0.3 is 18.0 Å². The van der Waals surface area contributed by atoms with Crippen LogP contribution < -0.4 is 10.1 Å². The predicted molar refractivity (Wildman–Crippen MR) is 88.9 cm³/mol. The number of benzene rings is 1. The maximum atomic E-state index is 11.8. The molecule has 0 aliphatic rings. The van der Waals surface area contributed by atoms with E-state index in [1.54, 1.807) is 20.8 Å². The Hall–Kier alpha value is -2.77. The van der Waals surface area contributed by atoms with E-state index in [0.29, 0.717) is 5.75 Å². The lowest BCUT2D eigenvalue weighted by Gasteiger charge is -2.19. The Balaban J connectivity index is 2.66. The fourth-order valence-corrected chi connectivity index (χ4v) is 1.82. The van der Waals surface area contributed by atoms with Gasteiger partial charge in [0, 0.05) is 0 Å². The van der Waals surface area contributed by atoms with Gasteiger partial charge in [0.15, 0.2) is 0 Å². The van der Waals surface area contributed by atoms with Crippen LogP contribution in [0, 0.1) is 0 Å². The first-order chi connectivity index (χ1) is 11.7. The van der Waals surface area contributed by atoms with Crippen LogP contribution in [0.25, 0.3) is 0 Å². The zero-order valence-electron chi connectivity index (χ0n) is 15.0. The first kappa shape index (κ1) is 20.3. The molecule has 0 aromatic heterocycles. The van der Waals surface area contributed by atoms with E-state index >= 15 is 0 Å². The summed E-state index contributed by atoms with van der Waals surface area (Å²) in [6.07, 6.45) is -0.549. The van der Waals surface area contributed by atoms with Crippen LogP contribution in [-0.2, 0) is 14.2 Å². The molecule has 0 saturated carbocycles. The molecule has 1 N–H and O–H groups in total. The fourth-order valence-electron chi connectivity index (χ4n) is 1.82. The number of alkyl carbamates (subject to hydrolysis) is 1. The van der Waals surface area contributed by atoms with E-state index in [4.69, 9.17) is 9.47 Å². The molecule has 25 heavy (non-hydrogen) atoms. The number of amides is 1. The van der Waals surface area contributed by atoms with Crippen molar-refractivity contribution in [1.29, 1.82) is 0 Å². The van der Waals surface area contributed by atoms with Crippen molar-refractivity contribution in [3.63, 3.8) is 0 Å². The highest BCUT2D eigenvalue weighted by atomic mass is 16.6. The molecule has 0 radical (unpaired) electrons. The van der Waals surface area contributed by atoms with Crippen molar-refractivity contribution in [3.05, 3.63) is 29.3 Å². The molecule has 0 atom stereocenters. The molecule has 1 aromatic rings. The van der Waals surface area contributed by atoms with Crippen LogP contribution in [0.15, 0.2) is 18.2 Å². The SMILES string of the molecule is COC(=O)c1ccc(OCCNC(=O)OC(C)(C)C)cc1C(=O)OC. The smallest absolute Gasteiger partial charge is 0.407 e. The number of rotatable bonds is 6. The first-order valence-corrected chi connectivity index (χ1v) is 7.58. The topological polar surface area (TPSA) is 100 Å². The molecule has 0 unspecified atom stereocenters. The highest BCUT2D eigenvalue weighted by Crippen LogP contribution is 2.19. The standard InChI is InChI=1S/C17H23NO7/c1-17(2,3)25-16(21)18-8-9-24-11-6-7-12(14(19)22-4)13(10-11)15(20)23-5/h6-7,10H,8-9H2,1-5H3,(H,18,21). The highest BCUT2D eigenvalue weighted by molar-refractivity contribution is 6.03. The number of carbonyl (C=O) groups excluding carboxylic acids is 3. The average molecular weight is 353 g/mol. The molecular weight excluding hydrogens is 330 g/mol. The molecular formula is C17H23NO7. The van der Waals surface area contributed by atoms with Crippen LogP contribution in [0.4, 0.5) is 4.79 Å². The van der Waals surface area contributed by atoms with Gasteiger partial charge in [0.1, 0.15) is 18.0 Å². The molecule has 8 heteroatoms. The van der Waals surface area contributed by atoms with E-state index < -0.39 is 23.6 Å². The monoisotopic (exact) mass is 353 g/mol. The van der Waals surface area contributed by atoms with E-state index in [0.717, 1.165) is 0 Å². The van der Waals surface area contributed by atoms with Gasteiger partial charge in [0.25, 0.3) is 0 Å². The predicted octanol–water partition coefficient (Wildman–Crippen LogP) is 2.16. The van der Waals surface area contributed by atoms with Crippen LogP contribution in [-0.4, -0.2) is 51.0 Å². The first-order valence-electron chi connectivity index (χ1n) is 7.58. The maximum absolute atomic E-state index is 11.8. The Labute approximate surface area is 146 Å². The molecule has 138 valence electrons. The van der Waals surface area contributed by atoms with E-state index in [1.807, 2.05) is 0 Å². The molecule has 1 rings (SSSR count). The van der Waals surface area contributed by atoms with Gasteiger partial charge in [-0.1, -0.05) is 0 Å². The molecule has 0 aliphatic heterocycles. The minimum atomic E-state index is -0.683. The van der Waals surface area contributed by atoms with Crippen molar-refractivity contribution in [2.45, 2.75) is 26.4 Å². The van der Waals surface area contributed by atoms with Crippen LogP contribution >= 0.6 is 0 Å². The number of methoxy groups -OCH3 is 2. The zero-order chi connectivity index (χ0) is 19.0. The van der Waals surface area contributed by atoms with Gasteiger partial charge in [-0.05, 0) is 39.0 Å².